The summed E-state index contributed by atoms with van der Waals surface area (Å²) in [5.41, 5.74) is 2.57. The predicted molar refractivity (Wildman–Crippen MR) is 93.5 cm³/mol. The van der Waals surface area contributed by atoms with E-state index in [4.69, 9.17) is 0 Å². The van der Waals surface area contributed by atoms with Crippen molar-refractivity contribution >= 4 is 0 Å². The Morgan fingerprint density at radius 1 is 0.636 bits per heavy atom. The molecule has 0 atom stereocenters. The maximum atomic E-state index is 9.39. The van der Waals surface area contributed by atoms with E-state index in [1.165, 1.54) is 17.5 Å². The summed E-state index contributed by atoms with van der Waals surface area (Å²) in [6.45, 7) is 8.00. The highest BCUT2D eigenvalue weighted by Crippen LogP contribution is 2.49. The molecule has 22 heavy (non-hydrogen) atoms. The van der Waals surface area contributed by atoms with Gasteiger partial charge in [0.25, 0.3) is 0 Å². The third-order valence-electron chi connectivity index (χ3n) is 4.05. The van der Waals surface area contributed by atoms with E-state index in [1.807, 2.05) is 52.0 Å². The van der Waals surface area contributed by atoms with Crippen molar-refractivity contribution in [2.45, 2.75) is 52.4 Å². The van der Waals surface area contributed by atoms with Crippen LogP contribution in [0, 0.1) is 0 Å². The number of hydrogen-bond acceptors (Lipinski definition) is 2. The van der Waals surface area contributed by atoms with Crippen LogP contribution in [0.1, 0.15) is 58.1 Å². The number of rotatable bonds is 2. The molecule has 0 radical (unpaired) electrons. The van der Waals surface area contributed by atoms with Crippen molar-refractivity contribution in [1.82, 2.24) is 0 Å². The molecular formula is C20H28O2. The Morgan fingerprint density at radius 2 is 0.955 bits per heavy atom. The van der Waals surface area contributed by atoms with Crippen LogP contribution in [0.2, 0.25) is 0 Å². The van der Waals surface area contributed by atoms with Crippen LogP contribution in [0.15, 0.2) is 48.5 Å². The van der Waals surface area contributed by atoms with Crippen molar-refractivity contribution in [3.63, 3.8) is 0 Å². The van der Waals surface area contributed by atoms with Gasteiger partial charge in [0.1, 0.15) is 11.5 Å². The van der Waals surface area contributed by atoms with Gasteiger partial charge in [-0.2, -0.15) is 0 Å². The molecule has 3 rings (SSSR count). The average Bonchev–Trinajstić information content (AvgIpc) is 2.54. The van der Waals surface area contributed by atoms with E-state index >= 15 is 0 Å². The minimum absolute atomic E-state index is 0.0708. The molecule has 0 spiro atoms. The smallest absolute Gasteiger partial charge is 0.115 e. The maximum Gasteiger partial charge on any atom is 0.115 e. The molecule has 0 unspecified atom stereocenters. The fourth-order valence-corrected chi connectivity index (χ4v) is 2.84. The molecule has 0 heterocycles. The van der Waals surface area contributed by atoms with Crippen molar-refractivity contribution in [2.75, 3.05) is 0 Å². The molecule has 120 valence electrons. The van der Waals surface area contributed by atoms with Crippen molar-refractivity contribution in [1.29, 1.82) is 0 Å². The molecule has 0 aliphatic heterocycles. The minimum atomic E-state index is 0.0708. The van der Waals surface area contributed by atoms with E-state index < -0.39 is 0 Å². The first-order valence-electron chi connectivity index (χ1n) is 8.30. The van der Waals surface area contributed by atoms with Crippen LogP contribution in [0.5, 0.6) is 11.5 Å². The Morgan fingerprint density at radius 3 is 1.18 bits per heavy atom. The zero-order chi connectivity index (χ0) is 16.6. The Hall–Kier alpha value is -1.96. The second kappa shape index (κ2) is 8.47. The molecule has 0 saturated heterocycles. The van der Waals surface area contributed by atoms with Gasteiger partial charge in [0, 0.05) is 5.41 Å². The Bertz CT molecular complexity index is 489. The van der Waals surface area contributed by atoms with Gasteiger partial charge in [-0.05, 0) is 48.2 Å². The second-order valence-corrected chi connectivity index (χ2v) is 5.03. The first kappa shape index (κ1) is 18.1. The number of hydrogen-bond donors (Lipinski definition) is 2. The summed E-state index contributed by atoms with van der Waals surface area (Å²) >= 11 is 0. The van der Waals surface area contributed by atoms with Gasteiger partial charge in [-0.3, -0.25) is 0 Å². The molecule has 1 aliphatic rings. The third-order valence-corrected chi connectivity index (χ3v) is 4.05. The van der Waals surface area contributed by atoms with Crippen LogP contribution in [-0.2, 0) is 5.41 Å². The monoisotopic (exact) mass is 300 g/mol. The largest absolute Gasteiger partial charge is 0.508 e. The SMILES string of the molecule is CC.CC.Oc1ccc(C2(c3ccc(O)cc3)CCC2)cc1. The van der Waals surface area contributed by atoms with Crippen LogP contribution in [-0.4, -0.2) is 10.2 Å². The van der Waals surface area contributed by atoms with E-state index in [0.717, 1.165) is 12.8 Å². The van der Waals surface area contributed by atoms with Gasteiger partial charge in [-0.15, -0.1) is 0 Å². The zero-order valence-corrected chi connectivity index (χ0v) is 14.1. The van der Waals surface area contributed by atoms with Gasteiger partial charge in [-0.1, -0.05) is 58.4 Å². The average molecular weight is 300 g/mol. The summed E-state index contributed by atoms with van der Waals surface area (Å²) < 4.78 is 0. The molecule has 2 N–H and O–H groups in total. The molecule has 2 aromatic rings. The van der Waals surface area contributed by atoms with Gasteiger partial charge >= 0.3 is 0 Å². The van der Waals surface area contributed by atoms with Crippen molar-refractivity contribution in [3.05, 3.63) is 59.7 Å². The lowest BCUT2D eigenvalue weighted by molar-refractivity contribution is 0.301. The maximum absolute atomic E-state index is 9.39. The van der Waals surface area contributed by atoms with Crippen LogP contribution in [0.25, 0.3) is 0 Å². The van der Waals surface area contributed by atoms with Crippen molar-refractivity contribution in [2.24, 2.45) is 0 Å². The highest BCUT2D eigenvalue weighted by molar-refractivity contribution is 5.44. The molecule has 2 nitrogen and oxygen atoms in total. The van der Waals surface area contributed by atoms with Gasteiger partial charge in [-0.25, -0.2) is 0 Å². The van der Waals surface area contributed by atoms with Gasteiger partial charge in [0.15, 0.2) is 0 Å². The van der Waals surface area contributed by atoms with Crippen molar-refractivity contribution in [3.8, 4) is 11.5 Å². The second-order valence-electron chi connectivity index (χ2n) is 5.03. The zero-order valence-electron chi connectivity index (χ0n) is 14.1. The molecule has 1 aliphatic carbocycles. The van der Waals surface area contributed by atoms with E-state index in [-0.39, 0.29) is 5.41 Å². The number of aromatic hydroxyl groups is 2. The van der Waals surface area contributed by atoms with E-state index in [9.17, 15) is 10.2 Å². The molecule has 2 heteroatoms. The lowest BCUT2D eigenvalue weighted by Gasteiger charge is -2.43. The topological polar surface area (TPSA) is 40.5 Å². The number of phenols is 2. The molecular weight excluding hydrogens is 272 g/mol. The summed E-state index contributed by atoms with van der Waals surface area (Å²) in [6.07, 6.45) is 3.48. The van der Waals surface area contributed by atoms with E-state index in [2.05, 4.69) is 0 Å². The van der Waals surface area contributed by atoms with Gasteiger partial charge in [0.2, 0.25) is 0 Å². The summed E-state index contributed by atoms with van der Waals surface area (Å²) in [6, 6.07) is 15.0. The summed E-state index contributed by atoms with van der Waals surface area (Å²) in [4.78, 5) is 0. The highest BCUT2D eigenvalue weighted by Gasteiger charge is 2.40. The van der Waals surface area contributed by atoms with Crippen LogP contribution in [0.3, 0.4) is 0 Å². The van der Waals surface area contributed by atoms with Gasteiger partial charge < -0.3 is 10.2 Å². The van der Waals surface area contributed by atoms with Crippen LogP contribution >= 0.6 is 0 Å². The summed E-state index contributed by atoms with van der Waals surface area (Å²) in [7, 11) is 0. The fraction of sp³-hybridized carbons (Fsp3) is 0.400. The molecule has 1 fully saturated rings. The van der Waals surface area contributed by atoms with Gasteiger partial charge in [0.05, 0.1) is 0 Å². The molecule has 2 aromatic carbocycles. The normalized spacial score (nSPS) is 14.5. The predicted octanol–water partition coefficient (Wildman–Crippen LogP) is 5.62. The minimum Gasteiger partial charge on any atom is -0.508 e. The quantitative estimate of drug-likeness (QED) is 0.755. The fourth-order valence-electron chi connectivity index (χ4n) is 2.84. The molecule has 0 aromatic heterocycles. The van der Waals surface area contributed by atoms with Crippen molar-refractivity contribution < 1.29 is 10.2 Å². The van der Waals surface area contributed by atoms with E-state index in [0.29, 0.717) is 11.5 Å². The molecule has 1 saturated carbocycles. The summed E-state index contributed by atoms with van der Waals surface area (Å²) in [5.74, 6) is 0.609. The Kier molecular flexibility index (Phi) is 6.97. The molecule has 0 bridgehead atoms. The van der Waals surface area contributed by atoms with E-state index in [1.54, 1.807) is 24.3 Å². The number of phenolic OH excluding ortho intramolecular Hbond substituents is 2. The number of benzene rings is 2. The van der Waals surface area contributed by atoms with Crippen LogP contribution < -0.4 is 0 Å². The highest BCUT2D eigenvalue weighted by atomic mass is 16.3. The third kappa shape index (κ3) is 3.62. The standard InChI is InChI=1S/C16H16O2.2C2H6/c17-14-6-2-12(3-7-14)16(10-1-11-16)13-4-8-15(18)9-5-13;2*1-2/h2-9,17-18H,1,10-11H2;2*1-2H3. The lowest BCUT2D eigenvalue weighted by atomic mass is 9.60. The van der Waals surface area contributed by atoms with Crippen LogP contribution in [0.4, 0.5) is 0 Å². The first-order chi connectivity index (χ1) is 10.7. The Labute approximate surface area is 134 Å². The summed E-state index contributed by atoms with van der Waals surface area (Å²) in [5, 5.41) is 18.8. The Balaban J connectivity index is 0.000000561. The molecule has 0 amide bonds. The first-order valence-corrected chi connectivity index (χ1v) is 8.30. The lowest BCUT2D eigenvalue weighted by Crippen LogP contribution is -2.35.